The number of amides is 1. The second-order valence-electron chi connectivity index (χ2n) is 5.78. The molecule has 0 spiro atoms. The summed E-state index contributed by atoms with van der Waals surface area (Å²) in [4.78, 5) is 21.2. The highest BCUT2D eigenvalue weighted by Crippen LogP contribution is 2.24. The van der Waals surface area contributed by atoms with Crippen LogP contribution >= 0.6 is 11.3 Å². The van der Waals surface area contributed by atoms with Crippen molar-refractivity contribution in [1.29, 1.82) is 0 Å². The largest absolute Gasteiger partial charge is 0.339 e. The Labute approximate surface area is 135 Å². The normalized spacial score (nSPS) is 19.4. The van der Waals surface area contributed by atoms with Gasteiger partial charge < -0.3 is 4.90 Å². The average Bonchev–Trinajstić information content (AvgIpc) is 2.93. The molecule has 1 aliphatic heterocycles. The third-order valence-corrected chi connectivity index (χ3v) is 5.01. The SMILES string of the molecule is Cc1nc(CC(=O)N2CCN(C)[C@H](c3ccccc3)C2)cs1. The van der Waals surface area contributed by atoms with Crippen LogP contribution in [-0.4, -0.2) is 47.4 Å². The molecular formula is C17H21N3OS. The number of hydrogen-bond acceptors (Lipinski definition) is 4. The Kier molecular flexibility index (Phi) is 4.55. The van der Waals surface area contributed by atoms with Gasteiger partial charge in [0.2, 0.25) is 5.91 Å². The molecule has 1 aliphatic rings. The van der Waals surface area contributed by atoms with E-state index in [9.17, 15) is 4.79 Å². The predicted octanol–water partition coefficient (Wildman–Crippen LogP) is 2.51. The first-order valence-electron chi connectivity index (χ1n) is 7.57. The Balaban J connectivity index is 1.68. The lowest BCUT2D eigenvalue weighted by Crippen LogP contribution is -2.49. The maximum Gasteiger partial charge on any atom is 0.228 e. The zero-order valence-electron chi connectivity index (χ0n) is 13.0. The number of carbonyl (C=O) groups is 1. The Bertz CT molecular complexity index is 640. The summed E-state index contributed by atoms with van der Waals surface area (Å²) >= 11 is 1.60. The first-order chi connectivity index (χ1) is 10.6. The first-order valence-corrected chi connectivity index (χ1v) is 8.45. The van der Waals surface area contributed by atoms with Crippen LogP contribution in [0.2, 0.25) is 0 Å². The van der Waals surface area contributed by atoms with E-state index in [0.717, 1.165) is 30.3 Å². The van der Waals surface area contributed by atoms with E-state index in [1.54, 1.807) is 11.3 Å². The lowest BCUT2D eigenvalue weighted by Gasteiger charge is -2.39. The van der Waals surface area contributed by atoms with Crippen molar-refractivity contribution in [3.05, 3.63) is 52.0 Å². The minimum absolute atomic E-state index is 0.180. The quantitative estimate of drug-likeness (QED) is 0.873. The van der Waals surface area contributed by atoms with Crippen molar-refractivity contribution in [2.75, 3.05) is 26.7 Å². The fourth-order valence-corrected chi connectivity index (χ4v) is 3.50. The van der Waals surface area contributed by atoms with Crippen LogP contribution in [0.25, 0.3) is 0 Å². The summed E-state index contributed by atoms with van der Waals surface area (Å²) in [5, 5.41) is 3.00. The zero-order valence-corrected chi connectivity index (χ0v) is 13.8. The monoisotopic (exact) mass is 315 g/mol. The first kappa shape index (κ1) is 15.2. The summed E-state index contributed by atoms with van der Waals surface area (Å²) < 4.78 is 0. The van der Waals surface area contributed by atoms with E-state index < -0.39 is 0 Å². The van der Waals surface area contributed by atoms with E-state index in [-0.39, 0.29) is 11.9 Å². The van der Waals surface area contributed by atoms with Crippen LogP contribution < -0.4 is 0 Å². The van der Waals surface area contributed by atoms with Crippen LogP contribution in [0, 0.1) is 6.92 Å². The zero-order chi connectivity index (χ0) is 15.5. The maximum atomic E-state index is 12.5. The number of rotatable bonds is 3. The van der Waals surface area contributed by atoms with Crippen molar-refractivity contribution >= 4 is 17.2 Å². The summed E-state index contributed by atoms with van der Waals surface area (Å²) in [5.41, 5.74) is 2.16. The Morgan fingerprint density at radius 1 is 1.32 bits per heavy atom. The molecule has 0 unspecified atom stereocenters. The molecule has 2 aromatic rings. The lowest BCUT2D eigenvalue weighted by molar-refractivity contribution is -0.133. The van der Waals surface area contributed by atoms with Gasteiger partial charge in [0, 0.05) is 25.0 Å². The third-order valence-electron chi connectivity index (χ3n) is 4.18. The van der Waals surface area contributed by atoms with E-state index in [0.29, 0.717) is 6.42 Å². The summed E-state index contributed by atoms with van der Waals surface area (Å²) in [6, 6.07) is 10.7. The molecule has 1 aromatic carbocycles. The fourth-order valence-electron chi connectivity index (χ4n) is 2.89. The molecule has 4 nitrogen and oxygen atoms in total. The minimum atomic E-state index is 0.180. The summed E-state index contributed by atoms with van der Waals surface area (Å²) in [6.07, 6.45) is 0.412. The highest BCUT2D eigenvalue weighted by molar-refractivity contribution is 7.09. The van der Waals surface area contributed by atoms with Gasteiger partial charge in [-0.2, -0.15) is 0 Å². The van der Waals surface area contributed by atoms with E-state index >= 15 is 0 Å². The van der Waals surface area contributed by atoms with E-state index in [1.807, 2.05) is 23.3 Å². The highest BCUT2D eigenvalue weighted by Gasteiger charge is 2.28. The molecule has 1 aromatic heterocycles. The van der Waals surface area contributed by atoms with Crippen molar-refractivity contribution in [1.82, 2.24) is 14.8 Å². The summed E-state index contributed by atoms with van der Waals surface area (Å²) in [5.74, 6) is 0.180. The molecule has 0 saturated carbocycles. The van der Waals surface area contributed by atoms with Gasteiger partial charge in [-0.05, 0) is 19.5 Å². The molecule has 5 heteroatoms. The van der Waals surface area contributed by atoms with Crippen molar-refractivity contribution in [2.24, 2.45) is 0 Å². The molecule has 22 heavy (non-hydrogen) atoms. The van der Waals surface area contributed by atoms with Crippen LogP contribution in [-0.2, 0) is 11.2 Å². The molecule has 1 atom stereocenters. The molecule has 1 fully saturated rings. The smallest absolute Gasteiger partial charge is 0.228 e. The third kappa shape index (κ3) is 3.36. The number of aromatic nitrogens is 1. The number of piperazine rings is 1. The van der Waals surface area contributed by atoms with Gasteiger partial charge in [0.15, 0.2) is 0 Å². The summed E-state index contributed by atoms with van der Waals surface area (Å²) in [6.45, 7) is 4.42. The Hall–Kier alpha value is -1.72. The van der Waals surface area contributed by atoms with Crippen LogP contribution in [0.15, 0.2) is 35.7 Å². The van der Waals surface area contributed by atoms with Gasteiger partial charge in [-0.1, -0.05) is 30.3 Å². The maximum absolute atomic E-state index is 12.5. The van der Waals surface area contributed by atoms with Gasteiger partial charge in [-0.25, -0.2) is 4.98 Å². The van der Waals surface area contributed by atoms with Crippen LogP contribution in [0.5, 0.6) is 0 Å². The Morgan fingerprint density at radius 2 is 2.09 bits per heavy atom. The average molecular weight is 315 g/mol. The van der Waals surface area contributed by atoms with Gasteiger partial charge >= 0.3 is 0 Å². The second kappa shape index (κ2) is 6.58. The van der Waals surface area contributed by atoms with E-state index in [2.05, 4.69) is 41.2 Å². The van der Waals surface area contributed by atoms with Gasteiger partial charge in [0.25, 0.3) is 0 Å². The van der Waals surface area contributed by atoms with Gasteiger partial charge in [-0.15, -0.1) is 11.3 Å². The standard InChI is InChI=1S/C17H21N3OS/c1-13-18-15(12-22-13)10-17(21)20-9-8-19(2)16(11-20)14-6-4-3-5-7-14/h3-7,12,16H,8-11H2,1-2H3/t16-/m0/s1. The second-order valence-corrected chi connectivity index (χ2v) is 6.84. The molecule has 0 aliphatic carbocycles. The molecule has 1 amide bonds. The van der Waals surface area contributed by atoms with Crippen molar-refractivity contribution in [2.45, 2.75) is 19.4 Å². The minimum Gasteiger partial charge on any atom is -0.339 e. The number of nitrogens with zero attached hydrogens (tertiary/aromatic N) is 3. The molecule has 3 rings (SSSR count). The number of hydrogen-bond donors (Lipinski definition) is 0. The predicted molar refractivity (Wildman–Crippen MR) is 88.9 cm³/mol. The van der Waals surface area contributed by atoms with Gasteiger partial charge in [0.05, 0.1) is 23.2 Å². The number of aryl methyl sites for hydroxylation is 1. The van der Waals surface area contributed by atoms with Crippen molar-refractivity contribution in [3.63, 3.8) is 0 Å². The fraction of sp³-hybridized carbons (Fsp3) is 0.412. The lowest BCUT2D eigenvalue weighted by atomic mass is 10.0. The number of benzene rings is 1. The van der Waals surface area contributed by atoms with Crippen LogP contribution in [0.1, 0.15) is 22.3 Å². The molecule has 0 radical (unpaired) electrons. The molecule has 2 heterocycles. The van der Waals surface area contributed by atoms with Gasteiger partial charge in [-0.3, -0.25) is 9.69 Å². The number of likely N-dealkylation sites (N-methyl/N-ethyl adjacent to an activating group) is 1. The highest BCUT2D eigenvalue weighted by atomic mass is 32.1. The number of carbonyl (C=O) groups excluding carboxylic acids is 1. The molecule has 0 N–H and O–H groups in total. The molecule has 1 saturated heterocycles. The van der Waals surface area contributed by atoms with Crippen molar-refractivity contribution < 1.29 is 4.79 Å². The van der Waals surface area contributed by atoms with E-state index in [4.69, 9.17) is 0 Å². The Morgan fingerprint density at radius 3 is 2.77 bits per heavy atom. The molecule has 116 valence electrons. The molecular weight excluding hydrogens is 294 g/mol. The van der Waals surface area contributed by atoms with Gasteiger partial charge in [0.1, 0.15) is 0 Å². The van der Waals surface area contributed by atoms with Crippen LogP contribution in [0.3, 0.4) is 0 Å². The molecule has 0 bridgehead atoms. The number of thiazole rings is 1. The van der Waals surface area contributed by atoms with E-state index in [1.165, 1.54) is 5.56 Å². The topological polar surface area (TPSA) is 36.4 Å². The van der Waals surface area contributed by atoms with Crippen molar-refractivity contribution in [3.8, 4) is 0 Å². The van der Waals surface area contributed by atoms with Crippen LogP contribution in [0.4, 0.5) is 0 Å². The summed E-state index contributed by atoms with van der Waals surface area (Å²) in [7, 11) is 2.13.